The lowest BCUT2D eigenvalue weighted by Crippen LogP contribution is -2.43. The number of hydrogen-bond donors (Lipinski definition) is 3. The molecule has 2 unspecified atom stereocenters. The lowest BCUT2D eigenvalue weighted by atomic mass is 9.93. The molecule has 0 spiro atoms. The molecule has 0 radical (unpaired) electrons. The highest BCUT2D eigenvalue weighted by Gasteiger charge is 2.27. The molecule has 0 aliphatic carbocycles. The third kappa shape index (κ3) is 11.1. The van der Waals surface area contributed by atoms with Crippen LogP contribution >= 0.6 is 11.6 Å². The first kappa shape index (κ1) is 30.5. The van der Waals surface area contributed by atoms with Crippen molar-refractivity contribution in [1.82, 2.24) is 10.6 Å². The first-order valence-electron chi connectivity index (χ1n) is 12.5. The molecule has 9 heteroatoms. The Labute approximate surface area is 223 Å². The zero-order valence-corrected chi connectivity index (χ0v) is 22.7. The van der Waals surface area contributed by atoms with Crippen molar-refractivity contribution in [2.24, 2.45) is 5.92 Å². The molecular weight excluding hydrogens is 499 g/mol. The van der Waals surface area contributed by atoms with E-state index < -0.39 is 23.7 Å². The first-order valence-corrected chi connectivity index (χ1v) is 12.9. The monoisotopic (exact) mass is 536 g/mol. The van der Waals surface area contributed by atoms with Crippen molar-refractivity contribution in [3.8, 4) is 11.1 Å². The standard InChI is InChI=1S/C28H38ClFN2O5/c1-5-36-26(34)21(18-31-13-6-14-33)16-23(32-27(35)37-28(2,3)4)15-19-7-9-20(10-8-19)24-17-22(29)11-12-25(24)30/h7-12,17,21,23,31,33H,5-6,13-16,18H2,1-4H3,(H,32,35). The number of carbonyl (C=O) groups excluding carboxylic acids is 2. The van der Waals surface area contributed by atoms with Gasteiger partial charge < -0.3 is 25.2 Å². The van der Waals surface area contributed by atoms with E-state index in [1.54, 1.807) is 45.9 Å². The molecule has 0 fully saturated rings. The van der Waals surface area contributed by atoms with Crippen molar-refractivity contribution in [3.05, 3.63) is 58.9 Å². The van der Waals surface area contributed by atoms with Gasteiger partial charge in [-0.1, -0.05) is 35.9 Å². The summed E-state index contributed by atoms with van der Waals surface area (Å²) in [6.45, 7) is 8.28. The van der Waals surface area contributed by atoms with E-state index in [4.69, 9.17) is 26.2 Å². The third-order valence-electron chi connectivity index (χ3n) is 5.49. The first-order chi connectivity index (χ1) is 17.5. The van der Waals surface area contributed by atoms with E-state index >= 15 is 0 Å². The minimum atomic E-state index is -0.677. The highest BCUT2D eigenvalue weighted by atomic mass is 35.5. The number of rotatable bonds is 13. The predicted octanol–water partition coefficient (Wildman–Crippen LogP) is 5.12. The van der Waals surface area contributed by atoms with Gasteiger partial charge in [-0.25, -0.2) is 9.18 Å². The zero-order chi connectivity index (χ0) is 27.4. The Balaban J connectivity index is 2.22. The third-order valence-corrected chi connectivity index (χ3v) is 5.72. The van der Waals surface area contributed by atoms with Crippen molar-refractivity contribution in [3.63, 3.8) is 0 Å². The smallest absolute Gasteiger partial charge is 0.407 e. The summed E-state index contributed by atoms with van der Waals surface area (Å²) >= 11 is 6.04. The van der Waals surface area contributed by atoms with Crippen LogP contribution < -0.4 is 10.6 Å². The number of halogens is 2. The number of alkyl carbamates (subject to hydrolysis) is 1. The van der Waals surface area contributed by atoms with Gasteiger partial charge in [-0.3, -0.25) is 4.79 Å². The van der Waals surface area contributed by atoms with E-state index in [-0.39, 0.29) is 25.0 Å². The Morgan fingerprint density at radius 1 is 1.14 bits per heavy atom. The van der Waals surface area contributed by atoms with E-state index in [0.29, 0.717) is 48.5 Å². The fraction of sp³-hybridized carbons (Fsp3) is 0.500. The number of benzene rings is 2. The average Bonchev–Trinajstić information content (AvgIpc) is 2.82. The number of ether oxygens (including phenoxy) is 2. The zero-order valence-electron chi connectivity index (χ0n) is 22.0. The van der Waals surface area contributed by atoms with Crippen LogP contribution in [-0.2, 0) is 20.7 Å². The molecule has 2 aromatic carbocycles. The second-order valence-corrected chi connectivity index (χ2v) is 10.3. The molecule has 0 aliphatic rings. The Morgan fingerprint density at radius 3 is 2.46 bits per heavy atom. The summed E-state index contributed by atoms with van der Waals surface area (Å²) in [4.78, 5) is 25.3. The largest absolute Gasteiger partial charge is 0.466 e. The maximum absolute atomic E-state index is 14.3. The molecule has 1 amide bonds. The number of esters is 1. The van der Waals surface area contributed by atoms with Gasteiger partial charge in [-0.15, -0.1) is 0 Å². The molecule has 0 aromatic heterocycles. The van der Waals surface area contributed by atoms with Crippen LogP contribution in [0.15, 0.2) is 42.5 Å². The minimum Gasteiger partial charge on any atom is -0.466 e. The summed E-state index contributed by atoms with van der Waals surface area (Å²) in [5.41, 5.74) is 1.30. The van der Waals surface area contributed by atoms with E-state index in [9.17, 15) is 14.0 Å². The lowest BCUT2D eigenvalue weighted by Gasteiger charge is -2.26. The molecule has 2 aromatic rings. The molecule has 0 saturated heterocycles. The van der Waals surface area contributed by atoms with Gasteiger partial charge in [0.2, 0.25) is 0 Å². The maximum Gasteiger partial charge on any atom is 0.407 e. The molecule has 37 heavy (non-hydrogen) atoms. The van der Waals surface area contributed by atoms with E-state index in [0.717, 1.165) is 5.56 Å². The number of aliphatic hydroxyl groups excluding tert-OH is 1. The predicted molar refractivity (Wildman–Crippen MR) is 143 cm³/mol. The van der Waals surface area contributed by atoms with Crippen molar-refractivity contribution in [1.29, 1.82) is 0 Å². The maximum atomic E-state index is 14.3. The Morgan fingerprint density at radius 2 is 1.84 bits per heavy atom. The van der Waals surface area contributed by atoms with E-state index in [1.165, 1.54) is 12.1 Å². The number of aliphatic hydroxyl groups is 1. The highest BCUT2D eigenvalue weighted by molar-refractivity contribution is 6.30. The van der Waals surface area contributed by atoms with Crippen LogP contribution in [0.3, 0.4) is 0 Å². The fourth-order valence-corrected chi connectivity index (χ4v) is 4.01. The fourth-order valence-electron chi connectivity index (χ4n) is 3.84. The summed E-state index contributed by atoms with van der Waals surface area (Å²) < 4.78 is 25.0. The Kier molecular flexibility index (Phi) is 12.3. The Hall–Kier alpha value is -2.68. The Bertz CT molecular complexity index is 1010. The molecule has 7 nitrogen and oxygen atoms in total. The molecule has 0 aliphatic heterocycles. The van der Waals surface area contributed by atoms with Gasteiger partial charge in [0.25, 0.3) is 0 Å². The molecule has 0 saturated carbocycles. The van der Waals surface area contributed by atoms with Crippen LogP contribution in [0.1, 0.15) is 46.1 Å². The van der Waals surface area contributed by atoms with Crippen molar-refractivity contribution >= 4 is 23.7 Å². The lowest BCUT2D eigenvalue weighted by molar-refractivity contribution is -0.148. The second kappa shape index (κ2) is 14.9. The van der Waals surface area contributed by atoms with Crippen LogP contribution in [-0.4, -0.2) is 55.1 Å². The second-order valence-electron chi connectivity index (χ2n) is 9.83. The van der Waals surface area contributed by atoms with E-state index in [2.05, 4.69) is 10.6 Å². The van der Waals surface area contributed by atoms with Gasteiger partial charge in [0.15, 0.2) is 0 Å². The van der Waals surface area contributed by atoms with Crippen molar-refractivity contribution < 1.29 is 28.6 Å². The number of carbonyl (C=O) groups is 2. The van der Waals surface area contributed by atoms with Gasteiger partial charge in [0, 0.05) is 29.8 Å². The van der Waals surface area contributed by atoms with Crippen molar-refractivity contribution in [2.75, 3.05) is 26.3 Å². The van der Waals surface area contributed by atoms with Crippen molar-refractivity contribution in [2.45, 2.75) is 58.6 Å². The quantitative estimate of drug-likeness (QED) is 0.243. The topological polar surface area (TPSA) is 96.9 Å². The number of nitrogens with one attached hydrogen (secondary N) is 2. The number of hydrogen-bond acceptors (Lipinski definition) is 6. The van der Waals surface area contributed by atoms with Gasteiger partial charge in [0.1, 0.15) is 11.4 Å². The SMILES string of the molecule is CCOC(=O)C(CNCCCO)CC(Cc1ccc(-c2cc(Cl)ccc2F)cc1)NC(=O)OC(C)(C)C. The van der Waals surface area contributed by atoms with Gasteiger partial charge in [0.05, 0.1) is 12.5 Å². The molecular formula is C28H38ClFN2O5. The van der Waals surface area contributed by atoms with Crippen LogP contribution in [0.4, 0.5) is 9.18 Å². The summed E-state index contributed by atoms with van der Waals surface area (Å²) in [7, 11) is 0. The molecule has 204 valence electrons. The van der Waals surface area contributed by atoms with E-state index in [1.807, 2.05) is 12.1 Å². The summed E-state index contributed by atoms with van der Waals surface area (Å²) in [6, 6.07) is 11.3. The molecule has 2 atom stereocenters. The van der Waals surface area contributed by atoms with Gasteiger partial charge in [-0.2, -0.15) is 0 Å². The normalized spacial score (nSPS) is 13.1. The van der Waals surface area contributed by atoms with Gasteiger partial charge >= 0.3 is 12.1 Å². The molecule has 0 bridgehead atoms. The molecule has 0 heterocycles. The highest BCUT2D eigenvalue weighted by Crippen LogP contribution is 2.27. The van der Waals surface area contributed by atoms with Crippen LogP contribution in [0.2, 0.25) is 5.02 Å². The average molecular weight is 537 g/mol. The summed E-state index contributed by atoms with van der Waals surface area (Å²) in [5.74, 6) is -1.24. The molecule has 3 N–H and O–H groups in total. The number of amides is 1. The van der Waals surface area contributed by atoms with Crippen LogP contribution in [0.25, 0.3) is 11.1 Å². The molecule has 2 rings (SSSR count). The summed E-state index contributed by atoms with van der Waals surface area (Å²) in [6.07, 6.45) is 0.721. The van der Waals surface area contributed by atoms with Crippen LogP contribution in [0.5, 0.6) is 0 Å². The van der Waals surface area contributed by atoms with Gasteiger partial charge in [-0.05, 0) is 82.8 Å². The summed E-state index contributed by atoms with van der Waals surface area (Å²) in [5, 5.41) is 15.5. The minimum absolute atomic E-state index is 0.0506. The van der Waals surface area contributed by atoms with Crippen LogP contribution in [0, 0.1) is 11.7 Å².